The summed E-state index contributed by atoms with van der Waals surface area (Å²) in [7, 11) is 1.39. The third-order valence-electron chi connectivity index (χ3n) is 2.34. The van der Waals surface area contributed by atoms with Gasteiger partial charge in [-0.25, -0.2) is 9.18 Å². The van der Waals surface area contributed by atoms with E-state index in [2.05, 4.69) is 9.97 Å². The highest BCUT2D eigenvalue weighted by Crippen LogP contribution is 2.27. The van der Waals surface area contributed by atoms with Gasteiger partial charge in [-0.3, -0.25) is 0 Å². The molecule has 0 bridgehead atoms. The number of halogens is 1. The highest BCUT2D eigenvalue weighted by Gasteiger charge is 2.12. The molecule has 0 aliphatic heterocycles. The second kappa shape index (κ2) is 4.37. The van der Waals surface area contributed by atoms with E-state index in [1.807, 2.05) is 0 Å². The van der Waals surface area contributed by atoms with Gasteiger partial charge in [0.25, 0.3) is 0 Å². The van der Waals surface area contributed by atoms with Crippen LogP contribution in [-0.4, -0.2) is 17.1 Å². The van der Waals surface area contributed by atoms with E-state index in [1.54, 1.807) is 25.1 Å². The summed E-state index contributed by atoms with van der Waals surface area (Å²) in [5.41, 5.74) is 0.672. The molecule has 0 spiro atoms. The van der Waals surface area contributed by atoms with Crippen LogP contribution < -0.4 is 10.4 Å². The third-order valence-corrected chi connectivity index (χ3v) is 2.34. The number of aryl methyl sites for hydroxylation is 1. The predicted octanol–water partition coefficient (Wildman–Crippen LogP) is 1.89. The van der Waals surface area contributed by atoms with Crippen molar-refractivity contribution in [2.75, 3.05) is 7.11 Å². The van der Waals surface area contributed by atoms with Crippen LogP contribution in [0.5, 0.6) is 5.75 Å². The number of nitrogens with one attached hydrogen (secondary N) is 1. The average molecular weight is 234 g/mol. The first-order valence-corrected chi connectivity index (χ1v) is 5.02. The normalized spacial score (nSPS) is 10.3. The van der Waals surface area contributed by atoms with E-state index in [0.717, 1.165) is 0 Å². The lowest BCUT2D eigenvalue weighted by atomic mass is 10.1. The van der Waals surface area contributed by atoms with E-state index in [9.17, 15) is 9.18 Å². The van der Waals surface area contributed by atoms with E-state index < -0.39 is 11.5 Å². The molecule has 0 radical (unpaired) electrons. The van der Waals surface area contributed by atoms with Crippen LogP contribution in [0.2, 0.25) is 0 Å². The summed E-state index contributed by atoms with van der Waals surface area (Å²) < 4.78 is 18.8. The molecule has 0 unspecified atom stereocenters. The van der Waals surface area contributed by atoms with Crippen molar-refractivity contribution in [3.63, 3.8) is 0 Å². The lowest BCUT2D eigenvalue weighted by Gasteiger charge is -2.06. The molecule has 1 heterocycles. The molecular formula is C12H11FN2O2. The molecule has 2 aromatic rings. The Morgan fingerprint density at radius 3 is 2.82 bits per heavy atom. The number of nitrogens with zero attached hydrogens (tertiary/aromatic N) is 1. The molecule has 0 amide bonds. The average Bonchev–Trinajstić information content (AvgIpc) is 2.28. The molecule has 0 atom stereocenters. The van der Waals surface area contributed by atoms with E-state index in [-0.39, 0.29) is 11.3 Å². The standard InChI is InChI=1S/C12H11FN2O2/c1-7-6-9(15-12(16)14-7)8-4-3-5-10(17-2)11(8)13/h3-6H,1-2H3,(H,14,15,16). The SMILES string of the molecule is COc1cccc(-c2cc(C)[nH]c(=O)n2)c1F. The minimum absolute atomic E-state index is 0.127. The molecule has 1 aromatic carbocycles. The molecule has 1 N–H and O–H groups in total. The number of hydrogen-bond acceptors (Lipinski definition) is 3. The number of aromatic nitrogens is 2. The smallest absolute Gasteiger partial charge is 0.345 e. The van der Waals surface area contributed by atoms with Crippen molar-refractivity contribution in [3.8, 4) is 17.0 Å². The summed E-state index contributed by atoms with van der Waals surface area (Å²) in [5, 5.41) is 0. The first-order valence-electron chi connectivity index (χ1n) is 5.02. The van der Waals surface area contributed by atoms with Gasteiger partial charge in [0.1, 0.15) is 0 Å². The first kappa shape index (κ1) is 11.3. The second-order valence-electron chi connectivity index (χ2n) is 3.58. The van der Waals surface area contributed by atoms with Crippen molar-refractivity contribution in [2.24, 2.45) is 0 Å². The molecule has 5 heteroatoms. The number of hydrogen-bond donors (Lipinski definition) is 1. The van der Waals surface area contributed by atoms with Crippen molar-refractivity contribution in [2.45, 2.75) is 6.92 Å². The molecule has 88 valence electrons. The molecule has 2 rings (SSSR count). The van der Waals surface area contributed by atoms with Gasteiger partial charge in [-0.05, 0) is 25.1 Å². The van der Waals surface area contributed by atoms with E-state index in [4.69, 9.17) is 4.74 Å². The molecule has 0 saturated heterocycles. The van der Waals surface area contributed by atoms with E-state index in [0.29, 0.717) is 11.4 Å². The number of methoxy groups -OCH3 is 1. The monoisotopic (exact) mass is 234 g/mol. The number of aromatic amines is 1. The molecule has 0 aliphatic rings. The van der Waals surface area contributed by atoms with Gasteiger partial charge in [0.2, 0.25) is 0 Å². The highest BCUT2D eigenvalue weighted by molar-refractivity contribution is 5.62. The maximum Gasteiger partial charge on any atom is 0.345 e. The van der Waals surface area contributed by atoms with Crippen LogP contribution in [0, 0.1) is 12.7 Å². The van der Waals surface area contributed by atoms with Crippen molar-refractivity contribution in [3.05, 3.63) is 46.3 Å². The van der Waals surface area contributed by atoms with Crippen LogP contribution >= 0.6 is 0 Å². The summed E-state index contributed by atoms with van der Waals surface area (Å²) in [6.07, 6.45) is 0. The van der Waals surface area contributed by atoms with Gasteiger partial charge in [-0.1, -0.05) is 6.07 Å². The number of rotatable bonds is 2. The van der Waals surface area contributed by atoms with Crippen LogP contribution in [0.25, 0.3) is 11.3 Å². The molecule has 0 aliphatic carbocycles. The maximum absolute atomic E-state index is 13.9. The Morgan fingerprint density at radius 2 is 2.18 bits per heavy atom. The molecular weight excluding hydrogens is 223 g/mol. The summed E-state index contributed by atoms with van der Waals surface area (Å²) in [6, 6.07) is 6.33. The van der Waals surface area contributed by atoms with Gasteiger partial charge in [0.05, 0.1) is 12.8 Å². The van der Waals surface area contributed by atoms with Crippen LogP contribution in [0.3, 0.4) is 0 Å². The largest absolute Gasteiger partial charge is 0.494 e. The summed E-state index contributed by atoms with van der Waals surface area (Å²) >= 11 is 0. The van der Waals surface area contributed by atoms with Crippen molar-refractivity contribution in [1.82, 2.24) is 9.97 Å². The van der Waals surface area contributed by atoms with Gasteiger partial charge in [-0.2, -0.15) is 4.98 Å². The van der Waals surface area contributed by atoms with Crippen LogP contribution in [0.15, 0.2) is 29.1 Å². The second-order valence-corrected chi connectivity index (χ2v) is 3.58. The molecule has 4 nitrogen and oxygen atoms in total. The molecule has 1 aromatic heterocycles. The van der Waals surface area contributed by atoms with E-state index >= 15 is 0 Å². The van der Waals surface area contributed by atoms with Gasteiger partial charge in [0, 0.05) is 11.3 Å². The van der Waals surface area contributed by atoms with Crippen LogP contribution in [-0.2, 0) is 0 Å². The Labute approximate surface area is 97.1 Å². The predicted molar refractivity (Wildman–Crippen MR) is 61.5 cm³/mol. The third kappa shape index (κ3) is 2.18. The fourth-order valence-electron chi connectivity index (χ4n) is 1.58. The van der Waals surface area contributed by atoms with Gasteiger partial charge in [-0.15, -0.1) is 0 Å². The van der Waals surface area contributed by atoms with Crippen molar-refractivity contribution < 1.29 is 9.13 Å². The maximum atomic E-state index is 13.9. The topological polar surface area (TPSA) is 55.0 Å². The Bertz CT molecular complexity index is 608. The fraction of sp³-hybridized carbons (Fsp3) is 0.167. The van der Waals surface area contributed by atoms with Crippen molar-refractivity contribution in [1.29, 1.82) is 0 Å². The highest BCUT2D eigenvalue weighted by atomic mass is 19.1. The Kier molecular flexibility index (Phi) is 2.91. The number of ether oxygens (including phenoxy) is 1. The van der Waals surface area contributed by atoms with Gasteiger partial charge in [0.15, 0.2) is 11.6 Å². The van der Waals surface area contributed by atoms with Gasteiger partial charge < -0.3 is 9.72 Å². The molecule has 0 fully saturated rings. The summed E-state index contributed by atoms with van der Waals surface area (Å²) in [5.74, 6) is -0.394. The zero-order valence-electron chi connectivity index (χ0n) is 9.45. The van der Waals surface area contributed by atoms with Crippen molar-refractivity contribution >= 4 is 0 Å². The summed E-state index contributed by atoms with van der Waals surface area (Å²) in [6.45, 7) is 1.71. The zero-order chi connectivity index (χ0) is 12.4. The minimum Gasteiger partial charge on any atom is -0.494 e. The Morgan fingerprint density at radius 1 is 1.41 bits per heavy atom. The van der Waals surface area contributed by atoms with Crippen LogP contribution in [0.1, 0.15) is 5.69 Å². The number of benzene rings is 1. The van der Waals surface area contributed by atoms with Gasteiger partial charge >= 0.3 is 5.69 Å². The lowest BCUT2D eigenvalue weighted by molar-refractivity contribution is 0.387. The zero-order valence-corrected chi connectivity index (χ0v) is 9.45. The fourth-order valence-corrected chi connectivity index (χ4v) is 1.58. The number of H-pyrrole nitrogens is 1. The molecule has 17 heavy (non-hydrogen) atoms. The van der Waals surface area contributed by atoms with E-state index in [1.165, 1.54) is 13.2 Å². The molecule has 0 saturated carbocycles. The lowest BCUT2D eigenvalue weighted by Crippen LogP contribution is -2.12. The summed E-state index contributed by atoms with van der Waals surface area (Å²) in [4.78, 5) is 17.5. The Hall–Kier alpha value is -2.17. The van der Waals surface area contributed by atoms with Crippen LogP contribution in [0.4, 0.5) is 4.39 Å². The quantitative estimate of drug-likeness (QED) is 0.863. The minimum atomic E-state index is -0.521. The Balaban J connectivity index is 2.64. The first-order chi connectivity index (χ1) is 8.11.